The fourth-order valence-electron chi connectivity index (χ4n) is 2.77. The topological polar surface area (TPSA) is 18.5 Å². The Labute approximate surface area is 157 Å². The zero-order chi connectivity index (χ0) is 18.4. The smallest absolute Gasteiger partial charge is 0.131 e. The minimum absolute atomic E-state index is 0.753. The Morgan fingerprint density at radius 2 is 1.40 bits per heavy atom. The standard InChI is InChI=1S/C22H32O2S/c1-7-9-11-23-20-14-21(24-12-10-8-2)19(13-15(20)3)22-17(5)16(4)18(6)25-22/h13-14H,7-12H2,1-6H3. The molecule has 2 rings (SSSR count). The first-order valence-corrected chi connectivity index (χ1v) is 10.3. The van der Waals surface area contributed by atoms with Crippen LogP contribution in [0.3, 0.4) is 0 Å². The second-order valence-electron chi connectivity index (χ2n) is 6.76. The van der Waals surface area contributed by atoms with Crippen molar-refractivity contribution in [3.63, 3.8) is 0 Å². The van der Waals surface area contributed by atoms with E-state index in [1.165, 1.54) is 32.0 Å². The first-order valence-electron chi connectivity index (χ1n) is 9.46. The maximum Gasteiger partial charge on any atom is 0.131 e. The Morgan fingerprint density at radius 3 is 1.92 bits per heavy atom. The lowest BCUT2D eigenvalue weighted by molar-refractivity contribution is 0.293. The van der Waals surface area contributed by atoms with Gasteiger partial charge in [0.05, 0.1) is 13.2 Å². The van der Waals surface area contributed by atoms with Crippen molar-refractivity contribution in [2.45, 2.75) is 67.2 Å². The molecule has 0 aliphatic heterocycles. The third kappa shape index (κ3) is 4.78. The highest BCUT2D eigenvalue weighted by Crippen LogP contribution is 2.43. The summed E-state index contributed by atoms with van der Waals surface area (Å²) in [5, 5.41) is 0. The summed E-state index contributed by atoms with van der Waals surface area (Å²) < 4.78 is 12.2. The highest BCUT2D eigenvalue weighted by Gasteiger charge is 2.17. The van der Waals surface area contributed by atoms with Crippen molar-refractivity contribution < 1.29 is 9.47 Å². The first-order chi connectivity index (χ1) is 12.0. The van der Waals surface area contributed by atoms with E-state index < -0.39 is 0 Å². The molecule has 25 heavy (non-hydrogen) atoms. The van der Waals surface area contributed by atoms with Gasteiger partial charge in [0.1, 0.15) is 11.5 Å². The number of rotatable bonds is 9. The van der Waals surface area contributed by atoms with Gasteiger partial charge in [-0.05, 0) is 63.3 Å². The van der Waals surface area contributed by atoms with Crippen LogP contribution >= 0.6 is 11.3 Å². The van der Waals surface area contributed by atoms with Crippen LogP contribution in [0.25, 0.3) is 10.4 Å². The summed E-state index contributed by atoms with van der Waals surface area (Å²) in [6.45, 7) is 14.6. The molecule has 3 heteroatoms. The Hall–Kier alpha value is -1.48. The number of ether oxygens (including phenoxy) is 2. The fourth-order valence-corrected chi connectivity index (χ4v) is 3.96. The summed E-state index contributed by atoms with van der Waals surface area (Å²) in [6.07, 6.45) is 4.43. The summed E-state index contributed by atoms with van der Waals surface area (Å²) in [7, 11) is 0. The van der Waals surface area contributed by atoms with Gasteiger partial charge in [-0.3, -0.25) is 0 Å². The summed E-state index contributed by atoms with van der Waals surface area (Å²) >= 11 is 1.86. The van der Waals surface area contributed by atoms with Crippen LogP contribution in [0.2, 0.25) is 0 Å². The zero-order valence-electron chi connectivity index (χ0n) is 16.6. The largest absolute Gasteiger partial charge is 0.493 e. The van der Waals surface area contributed by atoms with Crippen LogP contribution < -0.4 is 9.47 Å². The van der Waals surface area contributed by atoms with E-state index in [2.05, 4.69) is 53.7 Å². The minimum Gasteiger partial charge on any atom is -0.493 e. The summed E-state index contributed by atoms with van der Waals surface area (Å²) in [6, 6.07) is 4.33. The van der Waals surface area contributed by atoms with Crippen molar-refractivity contribution in [2.75, 3.05) is 13.2 Å². The maximum atomic E-state index is 6.16. The van der Waals surface area contributed by atoms with Crippen LogP contribution in [0.1, 0.15) is 61.1 Å². The molecule has 1 heterocycles. The predicted octanol–water partition coefficient (Wildman–Crippen LogP) is 7.01. The van der Waals surface area contributed by atoms with Gasteiger partial charge in [-0.15, -0.1) is 11.3 Å². The molecular formula is C22H32O2S. The number of aryl methyl sites for hydroxylation is 2. The Kier molecular flexibility index (Phi) is 7.37. The molecule has 0 bridgehead atoms. The molecule has 0 saturated carbocycles. The lowest BCUT2D eigenvalue weighted by Crippen LogP contribution is -2.02. The van der Waals surface area contributed by atoms with E-state index in [4.69, 9.17) is 9.47 Å². The molecule has 2 nitrogen and oxygen atoms in total. The number of hydrogen-bond donors (Lipinski definition) is 0. The van der Waals surface area contributed by atoms with Gasteiger partial charge in [0.2, 0.25) is 0 Å². The monoisotopic (exact) mass is 360 g/mol. The molecule has 1 aromatic heterocycles. The molecule has 0 fully saturated rings. The number of thiophene rings is 1. The van der Waals surface area contributed by atoms with Crippen LogP contribution in [-0.4, -0.2) is 13.2 Å². The Morgan fingerprint density at radius 1 is 0.800 bits per heavy atom. The highest BCUT2D eigenvalue weighted by molar-refractivity contribution is 7.15. The fraction of sp³-hybridized carbons (Fsp3) is 0.545. The maximum absolute atomic E-state index is 6.16. The zero-order valence-corrected chi connectivity index (χ0v) is 17.4. The summed E-state index contributed by atoms with van der Waals surface area (Å²) in [5.41, 5.74) is 5.13. The van der Waals surface area contributed by atoms with E-state index in [0.29, 0.717) is 0 Å². The van der Waals surface area contributed by atoms with Crippen LogP contribution in [-0.2, 0) is 0 Å². The van der Waals surface area contributed by atoms with Crippen molar-refractivity contribution in [3.8, 4) is 21.9 Å². The molecule has 0 unspecified atom stereocenters. The average molecular weight is 361 g/mol. The molecule has 138 valence electrons. The second-order valence-corrected chi connectivity index (χ2v) is 7.98. The van der Waals surface area contributed by atoms with Crippen LogP contribution in [0.5, 0.6) is 11.5 Å². The minimum atomic E-state index is 0.753. The van der Waals surface area contributed by atoms with Crippen molar-refractivity contribution in [1.29, 1.82) is 0 Å². The second kappa shape index (κ2) is 9.28. The van der Waals surface area contributed by atoms with Gasteiger partial charge >= 0.3 is 0 Å². The predicted molar refractivity (Wildman–Crippen MR) is 110 cm³/mol. The SMILES string of the molecule is CCCCOc1cc(OCCCC)c(-c2sc(C)c(C)c2C)cc1C. The average Bonchev–Trinajstić information content (AvgIpc) is 2.85. The Bertz CT molecular complexity index is 701. The number of benzene rings is 1. The number of unbranched alkanes of at least 4 members (excludes halogenated alkanes) is 2. The van der Waals surface area contributed by atoms with Gasteiger partial charge in [-0.25, -0.2) is 0 Å². The number of hydrogen-bond acceptors (Lipinski definition) is 3. The van der Waals surface area contributed by atoms with E-state index in [9.17, 15) is 0 Å². The molecule has 0 N–H and O–H groups in total. The first kappa shape index (κ1) is 19.8. The molecule has 0 spiro atoms. The van der Waals surface area contributed by atoms with Gasteiger partial charge in [0, 0.05) is 21.4 Å². The van der Waals surface area contributed by atoms with Crippen LogP contribution in [0, 0.1) is 27.7 Å². The molecule has 2 aromatic rings. The normalized spacial score (nSPS) is 11.0. The van der Waals surface area contributed by atoms with Crippen LogP contribution in [0.4, 0.5) is 0 Å². The lowest BCUT2D eigenvalue weighted by Gasteiger charge is -2.16. The molecule has 0 atom stereocenters. The van der Waals surface area contributed by atoms with Crippen molar-refractivity contribution >= 4 is 11.3 Å². The van der Waals surface area contributed by atoms with E-state index in [-0.39, 0.29) is 0 Å². The third-order valence-electron chi connectivity index (χ3n) is 4.72. The molecule has 1 aromatic carbocycles. The molecular weight excluding hydrogens is 328 g/mol. The van der Waals surface area contributed by atoms with Crippen molar-refractivity contribution in [2.24, 2.45) is 0 Å². The van der Waals surface area contributed by atoms with Crippen molar-refractivity contribution in [3.05, 3.63) is 33.7 Å². The summed E-state index contributed by atoms with van der Waals surface area (Å²) in [5.74, 6) is 1.90. The van der Waals surface area contributed by atoms with Crippen molar-refractivity contribution in [1.82, 2.24) is 0 Å². The Balaban J connectivity index is 2.42. The van der Waals surface area contributed by atoms with Gasteiger partial charge < -0.3 is 9.47 Å². The van der Waals surface area contributed by atoms with E-state index in [1.807, 2.05) is 11.3 Å². The van der Waals surface area contributed by atoms with E-state index in [0.717, 1.165) is 50.4 Å². The van der Waals surface area contributed by atoms with Gasteiger partial charge in [-0.2, -0.15) is 0 Å². The summed E-state index contributed by atoms with van der Waals surface area (Å²) in [4.78, 5) is 2.71. The molecule has 0 radical (unpaired) electrons. The van der Waals surface area contributed by atoms with Crippen LogP contribution in [0.15, 0.2) is 12.1 Å². The molecule has 0 aliphatic carbocycles. The van der Waals surface area contributed by atoms with Gasteiger partial charge in [0.25, 0.3) is 0 Å². The van der Waals surface area contributed by atoms with E-state index in [1.54, 1.807) is 0 Å². The molecule has 0 amide bonds. The molecule has 0 saturated heterocycles. The highest BCUT2D eigenvalue weighted by atomic mass is 32.1. The lowest BCUT2D eigenvalue weighted by atomic mass is 10.0. The van der Waals surface area contributed by atoms with Gasteiger partial charge in [0.15, 0.2) is 0 Å². The quantitative estimate of drug-likeness (QED) is 0.448. The third-order valence-corrected chi connectivity index (χ3v) is 6.06. The molecule has 0 aliphatic rings. The van der Waals surface area contributed by atoms with E-state index >= 15 is 0 Å². The van der Waals surface area contributed by atoms with Gasteiger partial charge in [-0.1, -0.05) is 26.7 Å².